The van der Waals surface area contributed by atoms with Crippen LogP contribution in [0.4, 0.5) is 10.3 Å². The number of ether oxygens (including phenoxy) is 1. The average Bonchev–Trinajstić information content (AvgIpc) is 3.98. The number of anilines is 2. The summed E-state index contributed by atoms with van der Waals surface area (Å²) in [6.07, 6.45) is 1.83. The monoisotopic (exact) mass is 1150 g/mol. The van der Waals surface area contributed by atoms with Gasteiger partial charge < -0.3 is 47.2 Å². The van der Waals surface area contributed by atoms with Gasteiger partial charge in [-0.3, -0.25) is 19.2 Å². The second-order valence-corrected chi connectivity index (χ2v) is 21.8. The second-order valence-electron chi connectivity index (χ2n) is 18.0. The summed E-state index contributed by atoms with van der Waals surface area (Å²) < 4.78 is 5.17. The van der Waals surface area contributed by atoms with E-state index in [1.165, 1.54) is 0 Å². The van der Waals surface area contributed by atoms with Gasteiger partial charge in [-0.15, -0.1) is 22.7 Å². The van der Waals surface area contributed by atoms with Crippen molar-refractivity contribution >= 4 is 103 Å². The van der Waals surface area contributed by atoms with Crippen LogP contribution in [0.1, 0.15) is 89.1 Å². The third kappa shape index (κ3) is 20.2. The van der Waals surface area contributed by atoms with Crippen molar-refractivity contribution in [3.8, 4) is 22.5 Å². The Hall–Kier alpha value is -4.74. The molecule has 0 radical (unpaired) electrons. The van der Waals surface area contributed by atoms with Crippen LogP contribution in [-0.2, 0) is 40.3 Å². The number of rotatable bonds is 25. The predicted molar refractivity (Wildman–Crippen MR) is 305 cm³/mol. The average molecular weight is 1150 g/mol. The summed E-state index contributed by atoms with van der Waals surface area (Å²) in [5.74, 6) is -0.715. The Kier molecular flexibility index (Phi) is 28.3. The maximum Gasteiger partial charge on any atom is 1.00 e. The fourth-order valence-electron chi connectivity index (χ4n) is 7.52. The number of aliphatic carboxylic acids is 1. The molecule has 0 fully saturated rings. The number of amides is 2. The van der Waals surface area contributed by atoms with Gasteiger partial charge in [0.15, 0.2) is 10.3 Å². The third-order valence-corrected chi connectivity index (χ3v) is 14.7. The van der Waals surface area contributed by atoms with Crippen LogP contribution in [0, 0.1) is 11.8 Å². The van der Waals surface area contributed by atoms with E-state index in [9.17, 15) is 24.3 Å². The van der Waals surface area contributed by atoms with Crippen molar-refractivity contribution in [2.75, 3.05) is 55.7 Å². The molecule has 0 saturated carbocycles. The van der Waals surface area contributed by atoms with Gasteiger partial charge in [0, 0.05) is 84.4 Å². The summed E-state index contributed by atoms with van der Waals surface area (Å²) >= 11 is 28.0. The first-order valence-electron chi connectivity index (χ1n) is 24.3. The van der Waals surface area contributed by atoms with E-state index < -0.39 is 5.97 Å². The molecule has 0 saturated heterocycles. The summed E-state index contributed by atoms with van der Waals surface area (Å²) in [5, 5.41) is 18.3. The Balaban J connectivity index is 0.000000391. The Morgan fingerprint density at radius 2 is 1.07 bits per heavy atom. The van der Waals surface area contributed by atoms with E-state index in [0.29, 0.717) is 101 Å². The molecular weight excluding hydrogens is 1090 g/mol. The number of hydrogen-bond acceptors (Lipinski definition) is 14. The van der Waals surface area contributed by atoms with E-state index in [1.54, 1.807) is 59.9 Å². The molecular formula is C54H65Cl4LiN8O7S2. The number of hydrogen-bond donors (Lipinski definition) is 5. The van der Waals surface area contributed by atoms with Crippen molar-refractivity contribution in [3.63, 3.8) is 0 Å². The molecule has 4 aromatic carbocycles. The molecule has 6 rings (SSSR count). The van der Waals surface area contributed by atoms with E-state index in [4.69, 9.17) is 72.6 Å². The van der Waals surface area contributed by atoms with Gasteiger partial charge in [-0.05, 0) is 91.3 Å². The van der Waals surface area contributed by atoms with Gasteiger partial charge in [0.05, 0.1) is 50.9 Å². The van der Waals surface area contributed by atoms with Crippen LogP contribution in [0.25, 0.3) is 22.5 Å². The molecule has 2 aromatic heterocycles. The minimum absolute atomic E-state index is 0. The Labute approximate surface area is 485 Å². The van der Waals surface area contributed by atoms with Crippen molar-refractivity contribution < 1.29 is 53.4 Å². The largest absolute Gasteiger partial charge is 1.00 e. The zero-order valence-electron chi connectivity index (χ0n) is 43.6. The second kappa shape index (κ2) is 32.9. The fraction of sp³-hybridized carbons (Fsp3) is 0.370. The third-order valence-electron chi connectivity index (χ3n) is 11.0. The van der Waals surface area contributed by atoms with E-state index in [2.05, 4.69) is 43.2 Å². The van der Waals surface area contributed by atoms with Gasteiger partial charge in [-0.1, -0.05) is 110 Å². The van der Waals surface area contributed by atoms with Gasteiger partial charge in [-0.25, -0.2) is 9.97 Å². The number of carboxylic acids is 1. The summed E-state index contributed by atoms with van der Waals surface area (Å²) in [6, 6.07) is 25.7. The maximum atomic E-state index is 12.5. The van der Waals surface area contributed by atoms with Crippen LogP contribution in [0.2, 0.25) is 20.1 Å². The zero-order valence-corrected chi connectivity index (χ0v) is 48.3. The number of carbonyl (C=O) groups is 4. The standard InChI is InChI=1S/C28H34Cl2N4O3S.C26H30Cl2N4O3S.Li.H2O/c1-4-37-25(35)10-13-34(17-19-6-5-7-21(15-19)27(36)32-12-11-31)28-33-26(24(38-28)14-18(2)3)20-8-9-22(29)23(30)16-20;1-16(2)12-22-24(18-6-7-20(27)21(28)14-18)31-26(36-22)32(11-8-23(33)34)15-17-4-3-5-19(13-17)25(35)30-10-9-29;;/h5-9,15-16,18H,4,10-14,17,31H2,1-3H3,(H,32,36);3-7,13-14,16H,8-12,15,29H2,1-2H3,(H,30,35)(H,33,34);;1H2/q;;+1;/p-1. The van der Waals surface area contributed by atoms with Crippen LogP contribution in [0.5, 0.6) is 0 Å². The summed E-state index contributed by atoms with van der Waals surface area (Å²) in [4.78, 5) is 64.7. The van der Waals surface area contributed by atoms with E-state index >= 15 is 0 Å². The number of carboxylic acid groups (broad SMARTS) is 1. The molecule has 0 unspecified atom stereocenters. The molecule has 0 bridgehead atoms. The van der Waals surface area contributed by atoms with Crippen LogP contribution in [-0.4, -0.2) is 90.2 Å². The zero-order chi connectivity index (χ0) is 53.9. The molecule has 2 heterocycles. The van der Waals surface area contributed by atoms with E-state index in [1.807, 2.05) is 59.5 Å². The molecule has 15 nitrogen and oxygen atoms in total. The van der Waals surface area contributed by atoms with Crippen LogP contribution in [0.15, 0.2) is 84.9 Å². The van der Waals surface area contributed by atoms with Gasteiger partial charge in [0.25, 0.3) is 11.8 Å². The summed E-state index contributed by atoms with van der Waals surface area (Å²) in [6.45, 7) is 13.8. The first kappa shape index (κ1) is 65.5. The number of nitrogens with one attached hydrogen (secondary N) is 2. The first-order chi connectivity index (χ1) is 35.4. The number of benzene rings is 4. The van der Waals surface area contributed by atoms with Crippen molar-refractivity contribution in [3.05, 3.63) is 137 Å². The molecule has 0 spiro atoms. The first-order valence-corrected chi connectivity index (χ1v) is 27.5. The number of nitrogens with zero attached hydrogens (tertiary/aromatic N) is 4. The molecule has 0 atom stereocenters. The number of aromatic nitrogens is 2. The molecule has 2 amide bonds. The van der Waals surface area contributed by atoms with Crippen molar-refractivity contribution in [1.29, 1.82) is 0 Å². The van der Waals surface area contributed by atoms with E-state index in [0.717, 1.165) is 61.4 Å². The molecule has 6 aromatic rings. The Morgan fingerprint density at radius 1 is 0.645 bits per heavy atom. The molecule has 76 heavy (non-hydrogen) atoms. The fourth-order valence-corrected chi connectivity index (χ4v) is 10.8. The summed E-state index contributed by atoms with van der Waals surface area (Å²) in [5.41, 5.74) is 17.3. The van der Waals surface area contributed by atoms with Crippen molar-refractivity contribution in [2.24, 2.45) is 23.3 Å². The minimum atomic E-state index is -0.890. The normalized spacial score (nSPS) is 10.8. The Bertz CT molecular complexity index is 2850. The maximum absolute atomic E-state index is 12.5. The minimum Gasteiger partial charge on any atom is -0.870 e. The number of halogens is 4. The Morgan fingerprint density at radius 3 is 1.43 bits per heavy atom. The number of nitrogens with two attached hydrogens (primary N) is 2. The predicted octanol–water partition coefficient (Wildman–Crippen LogP) is 8.28. The summed E-state index contributed by atoms with van der Waals surface area (Å²) in [7, 11) is 0. The van der Waals surface area contributed by atoms with Gasteiger partial charge in [-0.2, -0.15) is 0 Å². The molecule has 0 aliphatic heterocycles. The van der Waals surface area contributed by atoms with Gasteiger partial charge >= 0.3 is 30.8 Å². The molecule has 0 aliphatic carbocycles. The SMILES string of the molecule is CC(C)Cc1sc(N(CCC(=O)O)Cc2cccc(C(=O)NCCN)c2)nc1-c1ccc(Cl)c(Cl)c1.CCOC(=O)CCN(Cc1cccc(C(=O)NCCN)c1)c1nc(-c2ccc(Cl)c(Cl)c2)c(CC(C)C)s1.[Li+].[OH-]. The van der Waals surface area contributed by atoms with Crippen LogP contribution in [0.3, 0.4) is 0 Å². The van der Waals surface area contributed by atoms with Crippen LogP contribution >= 0.6 is 69.1 Å². The van der Waals surface area contributed by atoms with Crippen LogP contribution < -0.4 is 50.8 Å². The quantitative estimate of drug-likeness (QED) is 0.0268. The molecule has 22 heteroatoms. The van der Waals surface area contributed by atoms with Gasteiger partial charge in [0.2, 0.25) is 0 Å². The molecule has 0 aliphatic rings. The smallest absolute Gasteiger partial charge is 0.870 e. The van der Waals surface area contributed by atoms with E-state index in [-0.39, 0.29) is 61.5 Å². The topological polar surface area (TPSA) is 236 Å². The molecule has 404 valence electrons. The van der Waals surface area contributed by atoms with Crippen molar-refractivity contribution in [1.82, 2.24) is 20.6 Å². The number of carbonyl (C=O) groups excluding carboxylic acids is 3. The number of thiazole rings is 2. The van der Waals surface area contributed by atoms with Crippen molar-refractivity contribution in [2.45, 2.75) is 73.4 Å². The number of esters is 1. The molecule has 8 N–H and O–H groups in total. The van der Waals surface area contributed by atoms with Gasteiger partial charge in [0.1, 0.15) is 0 Å².